The summed E-state index contributed by atoms with van der Waals surface area (Å²) >= 11 is 0. The lowest BCUT2D eigenvalue weighted by Crippen LogP contribution is -2.45. The van der Waals surface area contributed by atoms with Gasteiger partial charge in [0, 0.05) is 19.0 Å². The summed E-state index contributed by atoms with van der Waals surface area (Å²) in [6, 6.07) is 0.203. The van der Waals surface area contributed by atoms with Gasteiger partial charge in [0.1, 0.15) is 0 Å². The summed E-state index contributed by atoms with van der Waals surface area (Å²) in [7, 11) is 4.09. The number of amides is 1. The summed E-state index contributed by atoms with van der Waals surface area (Å²) in [5, 5.41) is 3.07. The number of halogens is 2. The van der Waals surface area contributed by atoms with E-state index in [-0.39, 0.29) is 42.2 Å². The molecule has 0 aromatic rings. The van der Waals surface area contributed by atoms with Gasteiger partial charge in [0.25, 0.3) is 0 Å². The summed E-state index contributed by atoms with van der Waals surface area (Å²) in [5.74, 6) is 0.0566. The van der Waals surface area contributed by atoms with Crippen molar-refractivity contribution in [1.29, 1.82) is 0 Å². The predicted molar refractivity (Wildman–Crippen MR) is 82.7 cm³/mol. The normalized spacial score (nSPS) is 12.4. The van der Waals surface area contributed by atoms with Crippen molar-refractivity contribution in [1.82, 2.24) is 10.2 Å². The Balaban J connectivity index is -0.00000112. The van der Waals surface area contributed by atoms with Crippen molar-refractivity contribution >= 4 is 30.7 Å². The highest BCUT2D eigenvalue weighted by molar-refractivity contribution is 5.85. The van der Waals surface area contributed by atoms with Crippen LogP contribution in [0.4, 0.5) is 0 Å². The molecule has 1 atom stereocenters. The third-order valence-corrected chi connectivity index (χ3v) is 2.62. The summed E-state index contributed by atoms with van der Waals surface area (Å²) in [6.45, 7) is 7.84. The average Bonchev–Trinajstić information content (AvgIpc) is 2.10. The van der Waals surface area contributed by atoms with Crippen LogP contribution in [0, 0.1) is 5.41 Å². The first-order chi connectivity index (χ1) is 7.27. The molecule has 0 radical (unpaired) electrons. The number of nitrogens with two attached hydrogens (primary N) is 1. The fraction of sp³-hybridized carbons (Fsp3) is 0.917. The monoisotopic (exact) mass is 301 g/mol. The number of carbonyl (C=O) groups is 1. The Morgan fingerprint density at radius 1 is 1.28 bits per heavy atom. The predicted octanol–water partition coefficient (Wildman–Crippen LogP) is 1.66. The second-order valence-corrected chi connectivity index (χ2v) is 5.62. The summed E-state index contributed by atoms with van der Waals surface area (Å²) < 4.78 is 0. The Bertz CT molecular complexity index is 218. The van der Waals surface area contributed by atoms with Crippen LogP contribution in [0.2, 0.25) is 0 Å². The maximum Gasteiger partial charge on any atom is 0.221 e. The Labute approximate surface area is 124 Å². The first kappa shape index (κ1) is 23.1. The van der Waals surface area contributed by atoms with Crippen LogP contribution in [0.3, 0.4) is 0 Å². The van der Waals surface area contributed by atoms with E-state index in [1.54, 1.807) is 0 Å². The van der Waals surface area contributed by atoms with Gasteiger partial charge in [-0.1, -0.05) is 20.8 Å². The number of rotatable bonds is 6. The lowest BCUT2D eigenvalue weighted by atomic mass is 9.84. The molecular weight excluding hydrogens is 273 g/mol. The van der Waals surface area contributed by atoms with E-state index in [4.69, 9.17) is 5.73 Å². The molecule has 6 heteroatoms. The van der Waals surface area contributed by atoms with Crippen LogP contribution in [0.5, 0.6) is 0 Å². The highest BCUT2D eigenvalue weighted by atomic mass is 35.5. The van der Waals surface area contributed by atoms with Gasteiger partial charge in [-0.2, -0.15) is 0 Å². The fourth-order valence-corrected chi connectivity index (χ4v) is 1.51. The van der Waals surface area contributed by atoms with Crippen LogP contribution >= 0.6 is 24.8 Å². The maximum atomic E-state index is 11.5. The van der Waals surface area contributed by atoms with Crippen molar-refractivity contribution < 1.29 is 4.79 Å². The van der Waals surface area contributed by atoms with Gasteiger partial charge in [0.2, 0.25) is 5.91 Å². The zero-order valence-electron chi connectivity index (χ0n) is 12.2. The van der Waals surface area contributed by atoms with Crippen molar-refractivity contribution in [3.05, 3.63) is 0 Å². The number of hydrogen-bond donors (Lipinski definition) is 2. The highest BCUT2D eigenvalue weighted by Crippen LogP contribution is 2.22. The molecule has 1 unspecified atom stereocenters. The van der Waals surface area contributed by atoms with E-state index < -0.39 is 0 Å². The molecule has 1 amide bonds. The molecule has 0 heterocycles. The van der Waals surface area contributed by atoms with Crippen molar-refractivity contribution in [2.24, 2.45) is 11.1 Å². The van der Waals surface area contributed by atoms with Gasteiger partial charge in [-0.3, -0.25) is 4.79 Å². The molecule has 0 rings (SSSR count). The Morgan fingerprint density at radius 2 is 1.78 bits per heavy atom. The molecule has 18 heavy (non-hydrogen) atoms. The van der Waals surface area contributed by atoms with E-state index in [0.717, 1.165) is 13.0 Å². The minimum absolute atomic E-state index is 0. The largest absolute Gasteiger partial charge is 0.353 e. The van der Waals surface area contributed by atoms with Crippen LogP contribution in [0.25, 0.3) is 0 Å². The average molecular weight is 302 g/mol. The molecule has 0 spiro atoms. The van der Waals surface area contributed by atoms with Crippen molar-refractivity contribution in [3.63, 3.8) is 0 Å². The second-order valence-electron chi connectivity index (χ2n) is 5.62. The number of nitrogens with one attached hydrogen (secondary N) is 1. The third-order valence-electron chi connectivity index (χ3n) is 2.62. The SMILES string of the molecule is CN(C)CCC(NC(=O)CCN)C(C)(C)C.Cl.Cl. The van der Waals surface area contributed by atoms with E-state index in [1.165, 1.54) is 0 Å². The second kappa shape index (κ2) is 10.9. The van der Waals surface area contributed by atoms with Gasteiger partial charge in [-0.15, -0.1) is 24.8 Å². The van der Waals surface area contributed by atoms with Gasteiger partial charge >= 0.3 is 0 Å². The van der Waals surface area contributed by atoms with Crippen LogP contribution in [-0.4, -0.2) is 44.0 Å². The first-order valence-corrected chi connectivity index (χ1v) is 5.91. The smallest absolute Gasteiger partial charge is 0.221 e. The van der Waals surface area contributed by atoms with Crippen molar-refractivity contribution in [2.75, 3.05) is 27.2 Å². The lowest BCUT2D eigenvalue weighted by molar-refractivity contribution is -0.122. The lowest BCUT2D eigenvalue weighted by Gasteiger charge is -2.32. The van der Waals surface area contributed by atoms with Gasteiger partial charge in [0.05, 0.1) is 0 Å². The third kappa shape index (κ3) is 11.1. The Morgan fingerprint density at radius 3 is 2.11 bits per heavy atom. The van der Waals surface area contributed by atoms with Gasteiger partial charge < -0.3 is 16.0 Å². The van der Waals surface area contributed by atoms with Crippen LogP contribution in [0.15, 0.2) is 0 Å². The van der Waals surface area contributed by atoms with E-state index >= 15 is 0 Å². The molecule has 112 valence electrons. The summed E-state index contributed by atoms with van der Waals surface area (Å²) in [4.78, 5) is 13.7. The standard InChI is InChI=1S/C12H27N3O.2ClH/c1-12(2,3)10(7-9-15(4)5)14-11(16)6-8-13;;/h10H,6-9,13H2,1-5H3,(H,14,16);2*1H. The van der Waals surface area contributed by atoms with Crippen LogP contribution < -0.4 is 11.1 Å². The zero-order chi connectivity index (χ0) is 12.8. The van der Waals surface area contributed by atoms with E-state index in [2.05, 4.69) is 31.0 Å². The fourth-order valence-electron chi connectivity index (χ4n) is 1.51. The maximum absolute atomic E-state index is 11.5. The molecule has 0 aromatic carbocycles. The van der Waals surface area contributed by atoms with Crippen molar-refractivity contribution in [3.8, 4) is 0 Å². The molecule has 0 aliphatic heterocycles. The number of carbonyl (C=O) groups excluding carboxylic acids is 1. The molecule has 0 saturated heterocycles. The Hall–Kier alpha value is -0.0300. The van der Waals surface area contributed by atoms with E-state index in [9.17, 15) is 4.79 Å². The topological polar surface area (TPSA) is 58.4 Å². The summed E-state index contributed by atoms with van der Waals surface area (Å²) in [6.07, 6.45) is 1.38. The first-order valence-electron chi connectivity index (χ1n) is 5.91. The molecule has 3 N–H and O–H groups in total. The molecule has 0 saturated carbocycles. The minimum atomic E-state index is 0. The van der Waals surface area contributed by atoms with Gasteiger partial charge in [-0.25, -0.2) is 0 Å². The minimum Gasteiger partial charge on any atom is -0.353 e. The molecular formula is C12H29Cl2N3O. The van der Waals surface area contributed by atoms with Gasteiger partial charge in [-0.05, 0) is 32.5 Å². The van der Waals surface area contributed by atoms with Gasteiger partial charge in [0.15, 0.2) is 0 Å². The molecule has 0 fully saturated rings. The highest BCUT2D eigenvalue weighted by Gasteiger charge is 2.25. The molecule has 0 aromatic heterocycles. The molecule has 4 nitrogen and oxygen atoms in total. The molecule has 0 aliphatic rings. The number of hydrogen-bond acceptors (Lipinski definition) is 3. The molecule has 0 bridgehead atoms. The van der Waals surface area contributed by atoms with E-state index in [1.807, 2.05) is 14.1 Å². The van der Waals surface area contributed by atoms with E-state index in [0.29, 0.717) is 13.0 Å². The molecule has 0 aliphatic carbocycles. The Kier molecular flexibility index (Phi) is 13.9. The summed E-state index contributed by atoms with van der Waals surface area (Å²) in [5.41, 5.74) is 5.45. The van der Waals surface area contributed by atoms with Crippen LogP contribution in [0.1, 0.15) is 33.6 Å². The van der Waals surface area contributed by atoms with Crippen LogP contribution in [-0.2, 0) is 4.79 Å². The van der Waals surface area contributed by atoms with Crippen molar-refractivity contribution in [2.45, 2.75) is 39.7 Å². The quantitative estimate of drug-likeness (QED) is 0.784. The zero-order valence-corrected chi connectivity index (χ0v) is 13.8. The number of nitrogens with zero attached hydrogens (tertiary/aromatic N) is 1.